The van der Waals surface area contributed by atoms with Gasteiger partial charge in [-0.3, -0.25) is 0 Å². The molecule has 0 aromatic rings. The number of hydrogen-bond donors (Lipinski definition) is 0. The third-order valence-corrected chi connectivity index (χ3v) is 8.01. The Morgan fingerprint density at radius 3 is 2.16 bits per heavy atom. The second kappa shape index (κ2) is 6.77. The van der Waals surface area contributed by atoms with Crippen LogP contribution in [-0.4, -0.2) is 25.4 Å². The van der Waals surface area contributed by atoms with Crippen LogP contribution in [0.4, 0.5) is 0 Å². The first-order valence-corrected chi connectivity index (χ1v) is 13.0. The Hall–Kier alpha value is 0.200. The first-order chi connectivity index (χ1) is 8.69. The van der Waals surface area contributed by atoms with Crippen molar-refractivity contribution in [2.45, 2.75) is 75.7 Å². The van der Waals surface area contributed by atoms with Crippen molar-refractivity contribution in [2.75, 3.05) is 9.86 Å². The number of esters is 1. The SMILES string of the molecule is CCC1(OC(=O)C(CC(C)(C)C)I(C)C)CCCC1. The van der Waals surface area contributed by atoms with Crippen LogP contribution in [0.25, 0.3) is 0 Å². The van der Waals surface area contributed by atoms with Crippen molar-refractivity contribution >= 4 is 25.8 Å². The van der Waals surface area contributed by atoms with Crippen LogP contribution in [0.5, 0.6) is 0 Å². The summed E-state index contributed by atoms with van der Waals surface area (Å²) in [6.45, 7) is 8.82. The van der Waals surface area contributed by atoms with Crippen LogP contribution in [0.3, 0.4) is 0 Å². The number of carbonyl (C=O) groups excluding carboxylic acids is 1. The molecule has 0 aromatic heterocycles. The average molecular weight is 382 g/mol. The molecule has 1 unspecified atom stereocenters. The molecule has 19 heavy (non-hydrogen) atoms. The van der Waals surface area contributed by atoms with E-state index in [9.17, 15) is 4.79 Å². The van der Waals surface area contributed by atoms with Gasteiger partial charge < -0.3 is 0 Å². The summed E-state index contributed by atoms with van der Waals surface area (Å²) in [4.78, 5) is 17.2. The monoisotopic (exact) mass is 382 g/mol. The van der Waals surface area contributed by atoms with Crippen molar-refractivity contribution in [2.24, 2.45) is 5.41 Å². The Kier molecular flexibility index (Phi) is 6.15. The van der Waals surface area contributed by atoms with E-state index in [1.807, 2.05) is 0 Å². The fourth-order valence-corrected chi connectivity index (χ4v) is 6.12. The number of alkyl halides is 3. The summed E-state index contributed by atoms with van der Waals surface area (Å²) >= 11 is -1.20. The van der Waals surface area contributed by atoms with E-state index in [1.165, 1.54) is 12.8 Å². The van der Waals surface area contributed by atoms with Crippen LogP contribution in [0.1, 0.15) is 66.2 Å². The van der Waals surface area contributed by atoms with Gasteiger partial charge in [0.25, 0.3) is 0 Å². The van der Waals surface area contributed by atoms with Crippen molar-refractivity contribution < 1.29 is 9.53 Å². The molecule has 2 nitrogen and oxygen atoms in total. The molecule has 0 heterocycles. The van der Waals surface area contributed by atoms with Gasteiger partial charge in [0.1, 0.15) is 0 Å². The summed E-state index contributed by atoms with van der Waals surface area (Å²) in [6, 6.07) is 0. The molecular weight excluding hydrogens is 351 g/mol. The minimum atomic E-state index is -1.20. The van der Waals surface area contributed by atoms with E-state index in [4.69, 9.17) is 4.74 Å². The van der Waals surface area contributed by atoms with Crippen LogP contribution in [0.2, 0.25) is 0 Å². The first-order valence-electron chi connectivity index (χ1n) is 7.40. The minimum absolute atomic E-state index is 0.105. The van der Waals surface area contributed by atoms with E-state index >= 15 is 0 Å². The normalized spacial score (nSPS) is 21.1. The molecule has 1 saturated carbocycles. The molecule has 1 atom stereocenters. The maximum absolute atomic E-state index is 12.6. The molecule has 1 aliphatic carbocycles. The van der Waals surface area contributed by atoms with Crippen molar-refractivity contribution in [1.29, 1.82) is 0 Å². The van der Waals surface area contributed by atoms with Crippen molar-refractivity contribution in [3.63, 3.8) is 0 Å². The summed E-state index contributed by atoms with van der Waals surface area (Å²) in [5.41, 5.74) is 0.0832. The fourth-order valence-electron chi connectivity index (χ4n) is 2.78. The van der Waals surface area contributed by atoms with Gasteiger partial charge in [0.15, 0.2) is 0 Å². The van der Waals surface area contributed by atoms with E-state index in [2.05, 4.69) is 37.6 Å². The molecule has 0 radical (unpaired) electrons. The predicted octanol–water partition coefficient (Wildman–Crippen LogP) is 4.82. The zero-order valence-electron chi connectivity index (χ0n) is 13.5. The molecule has 0 saturated heterocycles. The van der Waals surface area contributed by atoms with E-state index in [0.717, 1.165) is 25.7 Å². The summed E-state index contributed by atoms with van der Waals surface area (Å²) in [6.07, 6.45) is 6.52. The van der Waals surface area contributed by atoms with Gasteiger partial charge in [-0.15, -0.1) is 0 Å². The Morgan fingerprint density at radius 1 is 1.26 bits per heavy atom. The number of halogens is 1. The molecule has 3 heteroatoms. The summed E-state index contributed by atoms with van der Waals surface area (Å²) < 4.78 is 6.21. The van der Waals surface area contributed by atoms with Gasteiger partial charge in [0.2, 0.25) is 0 Å². The number of ether oxygens (including phenoxy) is 1. The van der Waals surface area contributed by atoms with Crippen molar-refractivity contribution in [3.05, 3.63) is 0 Å². The van der Waals surface area contributed by atoms with Gasteiger partial charge in [-0.25, -0.2) is 0 Å². The second-order valence-corrected chi connectivity index (χ2v) is 13.4. The van der Waals surface area contributed by atoms with Crippen LogP contribution in [0, 0.1) is 5.41 Å². The standard InChI is InChI=1S/C16H31IO2/c1-7-16(10-8-9-11-16)19-14(18)13(17(5)6)12-15(2,3)4/h13H,7-12H2,1-6H3. The Bertz CT molecular complexity index is 298. The zero-order chi connectivity index (χ0) is 14.7. The number of rotatable bonds is 5. The quantitative estimate of drug-likeness (QED) is 0.387. The van der Waals surface area contributed by atoms with Gasteiger partial charge in [-0.2, -0.15) is 0 Å². The molecule has 0 aliphatic heterocycles. The van der Waals surface area contributed by atoms with E-state index in [1.54, 1.807) is 0 Å². The molecule has 1 aliphatic rings. The Labute approximate surface area is 126 Å². The van der Waals surface area contributed by atoms with Gasteiger partial charge in [0.05, 0.1) is 0 Å². The van der Waals surface area contributed by atoms with Gasteiger partial charge in [-0.1, -0.05) is 0 Å². The van der Waals surface area contributed by atoms with Crippen molar-refractivity contribution in [1.82, 2.24) is 0 Å². The van der Waals surface area contributed by atoms with E-state index < -0.39 is 19.8 Å². The Morgan fingerprint density at radius 2 is 1.79 bits per heavy atom. The zero-order valence-corrected chi connectivity index (χ0v) is 15.7. The third-order valence-electron chi connectivity index (χ3n) is 4.05. The molecule has 0 amide bonds. The molecule has 0 bridgehead atoms. The van der Waals surface area contributed by atoms with Gasteiger partial charge >= 0.3 is 126 Å². The first kappa shape index (κ1) is 17.3. The topological polar surface area (TPSA) is 26.3 Å². The van der Waals surface area contributed by atoms with Crippen LogP contribution < -0.4 is 0 Å². The Balaban J connectivity index is 2.72. The molecule has 0 aromatic carbocycles. The van der Waals surface area contributed by atoms with Crippen LogP contribution in [-0.2, 0) is 9.53 Å². The number of hydrogen-bond acceptors (Lipinski definition) is 2. The van der Waals surface area contributed by atoms with Crippen LogP contribution >= 0.6 is 19.8 Å². The third kappa shape index (κ3) is 5.24. The molecule has 0 N–H and O–H groups in total. The molecular formula is C16H31IO2. The van der Waals surface area contributed by atoms with Crippen LogP contribution in [0.15, 0.2) is 0 Å². The number of carbonyl (C=O) groups is 1. The predicted molar refractivity (Wildman–Crippen MR) is 91.3 cm³/mol. The molecule has 0 spiro atoms. The molecule has 1 fully saturated rings. The van der Waals surface area contributed by atoms with E-state index in [0.29, 0.717) is 0 Å². The maximum atomic E-state index is 12.6. The fraction of sp³-hybridized carbons (Fsp3) is 0.938. The van der Waals surface area contributed by atoms with Gasteiger partial charge in [-0.05, 0) is 0 Å². The average Bonchev–Trinajstić information content (AvgIpc) is 2.73. The van der Waals surface area contributed by atoms with Crippen molar-refractivity contribution in [3.8, 4) is 0 Å². The summed E-state index contributed by atoms with van der Waals surface area (Å²) in [5.74, 6) is 0.105. The second-order valence-electron chi connectivity index (χ2n) is 7.21. The molecule has 114 valence electrons. The summed E-state index contributed by atoms with van der Waals surface area (Å²) in [7, 11) is 0. The molecule has 1 rings (SSSR count). The van der Waals surface area contributed by atoms with E-state index in [-0.39, 0.29) is 20.9 Å². The van der Waals surface area contributed by atoms with Gasteiger partial charge in [0, 0.05) is 0 Å². The summed E-state index contributed by atoms with van der Waals surface area (Å²) in [5, 5.41) is 0.